The Hall–Kier alpha value is -0.890. The topological polar surface area (TPSA) is 74.0 Å². The number of likely N-dealkylation sites (N-methyl/N-ethyl adjacent to an activating group) is 1. The van der Waals surface area contributed by atoms with E-state index in [2.05, 4.69) is 11.8 Å². The summed E-state index contributed by atoms with van der Waals surface area (Å²) in [6.45, 7) is 6.69. The summed E-state index contributed by atoms with van der Waals surface area (Å²) in [6, 6.07) is 0.222. The molecule has 0 amide bonds. The molecule has 0 bridgehead atoms. The molecule has 0 aromatic carbocycles. The Labute approximate surface area is 126 Å². The van der Waals surface area contributed by atoms with Crippen molar-refractivity contribution >= 4 is 10.0 Å². The first-order valence-electron chi connectivity index (χ1n) is 7.23. The largest absolute Gasteiger partial charge is 0.465 e. The Balaban J connectivity index is 2.39. The lowest BCUT2D eigenvalue weighted by molar-refractivity contribution is 0.144. The SMILES string of the molecule is CCC1CN(S(=O)(=O)c2c(C)oc(C)c2CO)CCN1C. The van der Waals surface area contributed by atoms with Gasteiger partial charge < -0.3 is 14.4 Å². The lowest BCUT2D eigenvalue weighted by atomic mass is 10.1. The van der Waals surface area contributed by atoms with Crippen molar-refractivity contribution in [3.63, 3.8) is 0 Å². The molecule has 2 rings (SSSR count). The smallest absolute Gasteiger partial charge is 0.247 e. The number of rotatable bonds is 4. The third kappa shape index (κ3) is 2.88. The van der Waals surface area contributed by atoms with E-state index in [1.807, 2.05) is 7.05 Å². The number of furan rings is 1. The van der Waals surface area contributed by atoms with Crippen molar-refractivity contribution in [1.82, 2.24) is 9.21 Å². The minimum absolute atomic E-state index is 0.141. The summed E-state index contributed by atoms with van der Waals surface area (Å²) in [5.74, 6) is 0.818. The molecule has 0 radical (unpaired) electrons. The summed E-state index contributed by atoms with van der Waals surface area (Å²) in [7, 11) is -1.61. The molecular formula is C14H24N2O4S. The Morgan fingerprint density at radius 3 is 2.52 bits per heavy atom. The van der Waals surface area contributed by atoms with Gasteiger partial charge in [-0.2, -0.15) is 4.31 Å². The van der Waals surface area contributed by atoms with Gasteiger partial charge in [-0.1, -0.05) is 6.92 Å². The van der Waals surface area contributed by atoms with Gasteiger partial charge in [0.1, 0.15) is 16.4 Å². The third-order valence-corrected chi connectivity index (χ3v) is 6.35. The van der Waals surface area contributed by atoms with Crippen LogP contribution in [0.2, 0.25) is 0 Å². The Kier molecular flexibility index (Phi) is 4.77. The highest BCUT2D eigenvalue weighted by molar-refractivity contribution is 7.89. The van der Waals surface area contributed by atoms with E-state index in [0.717, 1.165) is 6.42 Å². The highest BCUT2D eigenvalue weighted by atomic mass is 32.2. The predicted molar refractivity (Wildman–Crippen MR) is 79.6 cm³/mol. The summed E-state index contributed by atoms with van der Waals surface area (Å²) in [6.07, 6.45) is 0.902. The fourth-order valence-electron chi connectivity index (χ4n) is 2.94. The van der Waals surface area contributed by atoms with E-state index in [9.17, 15) is 13.5 Å². The van der Waals surface area contributed by atoms with Gasteiger partial charge in [0, 0.05) is 31.2 Å². The first-order valence-corrected chi connectivity index (χ1v) is 8.67. The standard InChI is InChI=1S/C14H24N2O4S/c1-5-12-8-16(7-6-15(12)4)21(18,19)14-11(3)20-10(2)13(14)9-17/h12,17H,5-9H2,1-4H3. The fraction of sp³-hybridized carbons (Fsp3) is 0.714. The third-order valence-electron chi connectivity index (χ3n) is 4.29. The molecule has 1 N–H and O–H groups in total. The Morgan fingerprint density at radius 2 is 1.95 bits per heavy atom. The van der Waals surface area contributed by atoms with Crippen molar-refractivity contribution in [2.75, 3.05) is 26.7 Å². The maximum absolute atomic E-state index is 12.9. The lowest BCUT2D eigenvalue weighted by Crippen LogP contribution is -2.52. The molecule has 1 aromatic rings. The molecule has 1 unspecified atom stereocenters. The van der Waals surface area contributed by atoms with E-state index in [0.29, 0.717) is 36.7 Å². The van der Waals surface area contributed by atoms with Crippen molar-refractivity contribution in [3.05, 3.63) is 17.1 Å². The van der Waals surface area contributed by atoms with Gasteiger partial charge in [0.25, 0.3) is 0 Å². The molecule has 2 heterocycles. The molecule has 1 saturated heterocycles. The quantitative estimate of drug-likeness (QED) is 0.900. The van der Waals surface area contributed by atoms with E-state index in [1.54, 1.807) is 13.8 Å². The molecule has 0 saturated carbocycles. The molecule has 0 aliphatic carbocycles. The van der Waals surface area contributed by atoms with E-state index >= 15 is 0 Å². The van der Waals surface area contributed by atoms with Crippen LogP contribution in [0, 0.1) is 13.8 Å². The van der Waals surface area contributed by atoms with Crippen molar-refractivity contribution in [1.29, 1.82) is 0 Å². The second-order valence-electron chi connectivity index (χ2n) is 5.59. The van der Waals surface area contributed by atoms with Crippen LogP contribution >= 0.6 is 0 Å². The molecule has 21 heavy (non-hydrogen) atoms. The van der Waals surface area contributed by atoms with Crippen LogP contribution in [0.5, 0.6) is 0 Å². The second kappa shape index (κ2) is 6.08. The van der Waals surface area contributed by atoms with E-state index in [-0.39, 0.29) is 17.5 Å². The monoisotopic (exact) mass is 316 g/mol. The summed E-state index contributed by atoms with van der Waals surface area (Å²) >= 11 is 0. The van der Waals surface area contributed by atoms with Crippen LogP contribution in [0.4, 0.5) is 0 Å². The fourth-order valence-corrected chi connectivity index (χ4v) is 4.81. The van der Waals surface area contributed by atoms with Crippen molar-refractivity contribution in [2.24, 2.45) is 0 Å². The summed E-state index contributed by atoms with van der Waals surface area (Å²) in [4.78, 5) is 2.33. The Morgan fingerprint density at radius 1 is 1.29 bits per heavy atom. The van der Waals surface area contributed by atoms with Crippen molar-refractivity contribution in [2.45, 2.75) is 44.7 Å². The molecule has 120 valence electrons. The first-order chi connectivity index (χ1) is 9.82. The van der Waals surface area contributed by atoms with Gasteiger partial charge in [-0.05, 0) is 27.3 Å². The number of nitrogens with zero attached hydrogens (tertiary/aromatic N) is 2. The van der Waals surface area contributed by atoms with Crippen LogP contribution in [0.25, 0.3) is 0 Å². The second-order valence-corrected chi connectivity index (χ2v) is 7.46. The highest BCUT2D eigenvalue weighted by Crippen LogP contribution is 2.30. The zero-order chi connectivity index (χ0) is 15.8. The average molecular weight is 316 g/mol. The molecule has 7 heteroatoms. The van der Waals surface area contributed by atoms with E-state index in [1.165, 1.54) is 4.31 Å². The van der Waals surface area contributed by atoms with Crippen LogP contribution < -0.4 is 0 Å². The van der Waals surface area contributed by atoms with E-state index < -0.39 is 10.0 Å². The number of hydrogen-bond donors (Lipinski definition) is 1. The van der Waals surface area contributed by atoms with Crippen LogP contribution in [0.15, 0.2) is 9.31 Å². The summed E-state index contributed by atoms with van der Waals surface area (Å²) < 4.78 is 32.7. The maximum Gasteiger partial charge on any atom is 0.247 e. The molecule has 1 aliphatic rings. The van der Waals surface area contributed by atoms with Crippen molar-refractivity contribution < 1.29 is 17.9 Å². The van der Waals surface area contributed by atoms with Gasteiger partial charge >= 0.3 is 0 Å². The molecular weight excluding hydrogens is 292 g/mol. The highest BCUT2D eigenvalue weighted by Gasteiger charge is 2.36. The maximum atomic E-state index is 12.9. The molecule has 1 fully saturated rings. The summed E-state index contributed by atoms with van der Waals surface area (Å²) in [5.41, 5.74) is 0.375. The number of piperazine rings is 1. The van der Waals surface area contributed by atoms with Gasteiger partial charge in [0.2, 0.25) is 10.0 Å². The number of aliphatic hydroxyl groups excluding tert-OH is 1. The number of aliphatic hydroxyl groups is 1. The molecule has 0 spiro atoms. The number of hydrogen-bond acceptors (Lipinski definition) is 5. The minimum atomic E-state index is -3.63. The molecule has 1 aromatic heterocycles. The minimum Gasteiger partial charge on any atom is -0.465 e. The van der Waals surface area contributed by atoms with Crippen LogP contribution in [-0.4, -0.2) is 55.5 Å². The zero-order valence-corrected chi connectivity index (χ0v) is 13.9. The van der Waals surface area contributed by atoms with Gasteiger partial charge in [0.15, 0.2) is 0 Å². The van der Waals surface area contributed by atoms with E-state index in [4.69, 9.17) is 4.42 Å². The van der Waals surface area contributed by atoms with Gasteiger partial charge in [-0.15, -0.1) is 0 Å². The summed E-state index contributed by atoms with van der Waals surface area (Å²) in [5, 5.41) is 9.46. The number of sulfonamides is 1. The first kappa shape index (κ1) is 16.5. The van der Waals surface area contributed by atoms with Gasteiger partial charge in [-0.3, -0.25) is 0 Å². The Bertz CT molecular complexity index is 609. The number of aryl methyl sites for hydroxylation is 2. The molecule has 1 aliphatic heterocycles. The predicted octanol–water partition coefficient (Wildman–Crippen LogP) is 1.10. The zero-order valence-electron chi connectivity index (χ0n) is 13.1. The van der Waals surface area contributed by atoms with Crippen LogP contribution in [0.3, 0.4) is 0 Å². The van der Waals surface area contributed by atoms with Gasteiger partial charge in [0.05, 0.1) is 6.61 Å². The normalized spacial score (nSPS) is 21.9. The average Bonchev–Trinajstić information content (AvgIpc) is 2.73. The van der Waals surface area contributed by atoms with Gasteiger partial charge in [-0.25, -0.2) is 8.42 Å². The molecule has 1 atom stereocenters. The van der Waals surface area contributed by atoms with Crippen LogP contribution in [0.1, 0.15) is 30.4 Å². The van der Waals surface area contributed by atoms with Crippen LogP contribution in [-0.2, 0) is 16.6 Å². The molecule has 6 nitrogen and oxygen atoms in total. The lowest BCUT2D eigenvalue weighted by Gasteiger charge is -2.38. The van der Waals surface area contributed by atoms with Crippen molar-refractivity contribution in [3.8, 4) is 0 Å².